The number of fused-ring (bicyclic) bond motifs is 5. The summed E-state index contributed by atoms with van der Waals surface area (Å²) in [5.41, 5.74) is 2.76. The predicted octanol–water partition coefficient (Wildman–Crippen LogP) is 2.30. The van der Waals surface area contributed by atoms with Gasteiger partial charge in [-0.05, 0) is 38.2 Å². The van der Waals surface area contributed by atoms with Crippen molar-refractivity contribution >= 4 is 22.6 Å². The molecule has 3 aromatic rings. The minimum atomic E-state index is 0.0552. The molecule has 6 heteroatoms. The first-order chi connectivity index (χ1) is 12.7. The number of imidazole rings is 1. The highest BCUT2D eigenvalue weighted by molar-refractivity contribution is 6.01. The molecule has 26 heavy (non-hydrogen) atoms. The normalized spacial score (nSPS) is 17.9. The lowest BCUT2D eigenvalue weighted by Gasteiger charge is -2.24. The summed E-state index contributed by atoms with van der Waals surface area (Å²) in [7, 11) is 2.17. The van der Waals surface area contributed by atoms with Crippen LogP contribution in [0.1, 0.15) is 22.6 Å². The lowest BCUT2D eigenvalue weighted by Crippen LogP contribution is -2.30. The number of para-hydroxylation sites is 2. The third-order valence-corrected chi connectivity index (χ3v) is 5.36. The first kappa shape index (κ1) is 15.5. The maximum Gasteiger partial charge on any atom is 0.203 e. The van der Waals surface area contributed by atoms with Gasteiger partial charge in [-0.1, -0.05) is 18.2 Å². The molecule has 0 N–H and O–H groups in total. The second-order valence-corrected chi connectivity index (χ2v) is 7.16. The third-order valence-electron chi connectivity index (χ3n) is 5.36. The zero-order chi connectivity index (χ0) is 17.7. The van der Waals surface area contributed by atoms with E-state index in [1.165, 1.54) is 0 Å². The Balaban J connectivity index is 1.64. The molecule has 4 heterocycles. The Morgan fingerprint density at radius 1 is 0.962 bits per heavy atom. The van der Waals surface area contributed by atoms with E-state index in [9.17, 15) is 4.79 Å². The molecule has 2 aliphatic heterocycles. The van der Waals surface area contributed by atoms with Gasteiger partial charge in [0.25, 0.3) is 0 Å². The summed E-state index contributed by atoms with van der Waals surface area (Å²) < 4.78 is 1.93. The highest BCUT2D eigenvalue weighted by Gasteiger charge is 2.28. The summed E-state index contributed by atoms with van der Waals surface area (Å²) in [5, 5.41) is 0. The van der Waals surface area contributed by atoms with Crippen LogP contribution in [0.4, 0.5) is 5.82 Å². The Bertz CT molecular complexity index is 1010. The number of carbonyl (C=O) groups excluding carboxylic acids is 1. The van der Waals surface area contributed by atoms with Gasteiger partial charge in [-0.25, -0.2) is 9.97 Å². The summed E-state index contributed by atoms with van der Waals surface area (Å²) in [4.78, 5) is 26.8. The molecule has 0 saturated carbocycles. The van der Waals surface area contributed by atoms with Crippen molar-refractivity contribution < 1.29 is 4.79 Å². The molecule has 132 valence electrons. The fourth-order valence-electron chi connectivity index (χ4n) is 3.93. The van der Waals surface area contributed by atoms with Crippen LogP contribution in [-0.2, 0) is 6.42 Å². The Hall–Kier alpha value is -2.73. The van der Waals surface area contributed by atoms with E-state index in [1.54, 1.807) is 0 Å². The number of hydrogen-bond donors (Lipinski definition) is 0. The van der Waals surface area contributed by atoms with Crippen LogP contribution < -0.4 is 4.90 Å². The van der Waals surface area contributed by atoms with E-state index in [0.717, 1.165) is 60.8 Å². The first-order valence-electron chi connectivity index (χ1n) is 9.15. The summed E-state index contributed by atoms with van der Waals surface area (Å²) in [5.74, 6) is 2.39. The van der Waals surface area contributed by atoms with Crippen molar-refractivity contribution in [1.29, 1.82) is 0 Å². The first-order valence-corrected chi connectivity index (χ1v) is 9.15. The smallest absolute Gasteiger partial charge is 0.203 e. The quantitative estimate of drug-likeness (QED) is 0.676. The van der Waals surface area contributed by atoms with Gasteiger partial charge in [0.05, 0.1) is 11.0 Å². The summed E-state index contributed by atoms with van der Waals surface area (Å²) in [6, 6.07) is 12.0. The maximum absolute atomic E-state index is 12.6. The molecule has 1 aromatic carbocycles. The average Bonchev–Trinajstić information content (AvgIpc) is 2.92. The van der Waals surface area contributed by atoms with Crippen LogP contribution in [0, 0.1) is 0 Å². The molecule has 2 aliphatic rings. The fraction of sp³-hybridized carbons (Fsp3) is 0.350. The lowest BCUT2D eigenvalue weighted by molar-refractivity contribution is 0.0977. The van der Waals surface area contributed by atoms with E-state index < -0.39 is 0 Å². The van der Waals surface area contributed by atoms with Crippen LogP contribution in [0.25, 0.3) is 16.9 Å². The number of benzene rings is 1. The Labute approximate surface area is 152 Å². The van der Waals surface area contributed by atoms with E-state index in [-0.39, 0.29) is 5.78 Å². The van der Waals surface area contributed by atoms with Crippen molar-refractivity contribution in [2.75, 3.05) is 38.1 Å². The van der Waals surface area contributed by atoms with E-state index in [1.807, 2.05) is 28.8 Å². The minimum absolute atomic E-state index is 0.0552. The van der Waals surface area contributed by atoms with Gasteiger partial charge in [0.2, 0.25) is 5.78 Å². The van der Waals surface area contributed by atoms with Crippen LogP contribution in [-0.4, -0.2) is 58.4 Å². The zero-order valence-electron chi connectivity index (χ0n) is 14.9. The number of anilines is 1. The summed E-state index contributed by atoms with van der Waals surface area (Å²) in [6.07, 6.45) is 1.50. The highest BCUT2D eigenvalue weighted by atomic mass is 16.1. The van der Waals surface area contributed by atoms with Crippen LogP contribution >= 0.6 is 0 Å². The van der Waals surface area contributed by atoms with Crippen molar-refractivity contribution in [3.63, 3.8) is 0 Å². The van der Waals surface area contributed by atoms with E-state index in [2.05, 4.69) is 34.0 Å². The SMILES string of the molecule is CN1CCCN(c2ccc3c(n2)-n2c(nc4ccccc42)C(=O)C3)CC1. The molecule has 0 unspecified atom stereocenters. The molecule has 0 radical (unpaired) electrons. The van der Waals surface area contributed by atoms with Crippen LogP contribution in [0.2, 0.25) is 0 Å². The molecule has 6 nitrogen and oxygen atoms in total. The van der Waals surface area contributed by atoms with E-state index in [4.69, 9.17) is 4.98 Å². The monoisotopic (exact) mass is 347 g/mol. The standard InChI is InChI=1S/C20H21N5O/c1-23-9-4-10-24(12-11-23)18-8-7-14-13-17(26)20-21-15-5-2-3-6-16(15)25(20)19(14)22-18/h2-3,5-8H,4,9-13H2,1H3. The average molecular weight is 347 g/mol. The van der Waals surface area contributed by atoms with Gasteiger partial charge < -0.3 is 9.80 Å². The second kappa shape index (κ2) is 5.92. The Morgan fingerprint density at radius 3 is 2.77 bits per heavy atom. The second-order valence-electron chi connectivity index (χ2n) is 7.16. The molecule has 0 bridgehead atoms. The largest absolute Gasteiger partial charge is 0.355 e. The van der Waals surface area contributed by atoms with Crippen molar-refractivity contribution in [2.24, 2.45) is 0 Å². The molecule has 1 saturated heterocycles. The molecule has 0 atom stereocenters. The Morgan fingerprint density at radius 2 is 1.85 bits per heavy atom. The van der Waals surface area contributed by atoms with Gasteiger partial charge >= 0.3 is 0 Å². The van der Waals surface area contributed by atoms with Gasteiger partial charge in [-0.15, -0.1) is 0 Å². The molecule has 1 fully saturated rings. The van der Waals surface area contributed by atoms with E-state index in [0.29, 0.717) is 12.2 Å². The zero-order valence-corrected chi connectivity index (χ0v) is 14.9. The van der Waals surface area contributed by atoms with Crippen LogP contribution in [0.5, 0.6) is 0 Å². The molecule has 2 aromatic heterocycles. The summed E-state index contributed by atoms with van der Waals surface area (Å²) >= 11 is 0. The van der Waals surface area contributed by atoms with Crippen molar-refractivity contribution in [3.05, 3.63) is 47.8 Å². The number of aromatic nitrogens is 3. The third kappa shape index (κ3) is 2.41. The van der Waals surface area contributed by atoms with Crippen molar-refractivity contribution in [3.8, 4) is 5.82 Å². The molecular weight excluding hydrogens is 326 g/mol. The predicted molar refractivity (Wildman–Crippen MR) is 101 cm³/mol. The number of nitrogens with zero attached hydrogens (tertiary/aromatic N) is 5. The molecule has 5 rings (SSSR count). The lowest BCUT2D eigenvalue weighted by atomic mass is 10.1. The topological polar surface area (TPSA) is 54.3 Å². The number of hydrogen-bond acceptors (Lipinski definition) is 5. The highest BCUT2D eigenvalue weighted by Crippen LogP contribution is 2.30. The van der Waals surface area contributed by atoms with E-state index >= 15 is 0 Å². The van der Waals surface area contributed by atoms with Crippen molar-refractivity contribution in [1.82, 2.24) is 19.4 Å². The van der Waals surface area contributed by atoms with Gasteiger partial charge in [-0.3, -0.25) is 9.36 Å². The van der Waals surface area contributed by atoms with Gasteiger partial charge in [0.15, 0.2) is 5.82 Å². The maximum atomic E-state index is 12.6. The van der Waals surface area contributed by atoms with Crippen LogP contribution in [0.15, 0.2) is 36.4 Å². The number of Topliss-reactive ketones (excluding diaryl/α,β-unsaturated/α-hetero) is 1. The number of pyridine rings is 1. The number of ketones is 1. The minimum Gasteiger partial charge on any atom is -0.355 e. The Kier molecular flexibility index (Phi) is 3.53. The van der Waals surface area contributed by atoms with Gasteiger partial charge in [-0.2, -0.15) is 0 Å². The fourth-order valence-corrected chi connectivity index (χ4v) is 3.93. The van der Waals surface area contributed by atoms with Crippen molar-refractivity contribution in [2.45, 2.75) is 12.8 Å². The molecular formula is C20H21N5O. The summed E-state index contributed by atoms with van der Waals surface area (Å²) in [6.45, 7) is 4.13. The number of likely N-dealkylation sites (N-methyl/N-ethyl adjacent to an activating group) is 1. The van der Waals surface area contributed by atoms with Gasteiger partial charge in [0, 0.05) is 31.6 Å². The van der Waals surface area contributed by atoms with Crippen LogP contribution in [0.3, 0.4) is 0 Å². The molecule has 0 amide bonds. The number of carbonyl (C=O) groups is 1. The molecule has 0 spiro atoms. The van der Waals surface area contributed by atoms with Gasteiger partial charge in [0.1, 0.15) is 11.6 Å². The number of rotatable bonds is 1. The molecule has 0 aliphatic carbocycles.